The van der Waals surface area contributed by atoms with E-state index >= 15 is 0 Å². The van der Waals surface area contributed by atoms with Crippen LogP contribution in [0.5, 0.6) is 5.75 Å². The first-order valence-corrected chi connectivity index (χ1v) is 7.17. The number of amides is 1. The molecule has 25 heavy (non-hydrogen) atoms. The summed E-state index contributed by atoms with van der Waals surface area (Å²) < 4.78 is 40.1. The standard InChI is InChI=1S/C18H13F3N2O2/c19-18(20,21)25-16-8-6-13(7-9-16)10-15(11-22)17(24)23-12-14-4-2-1-3-5-14/h1-10H,12H2,(H,23,24)/b15-10+. The summed E-state index contributed by atoms with van der Waals surface area (Å²) in [7, 11) is 0. The summed E-state index contributed by atoms with van der Waals surface area (Å²) >= 11 is 0. The highest BCUT2D eigenvalue weighted by molar-refractivity contribution is 6.01. The molecule has 128 valence electrons. The lowest BCUT2D eigenvalue weighted by Crippen LogP contribution is -2.23. The van der Waals surface area contributed by atoms with Crippen LogP contribution in [-0.4, -0.2) is 12.3 Å². The fourth-order valence-electron chi connectivity index (χ4n) is 1.95. The van der Waals surface area contributed by atoms with E-state index in [2.05, 4.69) is 10.1 Å². The Balaban J connectivity index is 2.03. The molecule has 0 bridgehead atoms. The Kier molecular flexibility index (Phi) is 5.79. The highest BCUT2D eigenvalue weighted by Crippen LogP contribution is 2.23. The fraction of sp³-hybridized carbons (Fsp3) is 0.111. The van der Waals surface area contributed by atoms with E-state index in [-0.39, 0.29) is 17.9 Å². The van der Waals surface area contributed by atoms with Crippen LogP contribution in [0.3, 0.4) is 0 Å². The molecule has 0 aliphatic heterocycles. The van der Waals surface area contributed by atoms with Crippen LogP contribution in [0.15, 0.2) is 60.2 Å². The van der Waals surface area contributed by atoms with Gasteiger partial charge < -0.3 is 10.1 Å². The van der Waals surface area contributed by atoms with Crippen LogP contribution in [-0.2, 0) is 11.3 Å². The van der Waals surface area contributed by atoms with E-state index in [1.54, 1.807) is 6.07 Å². The molecule has 0 spiro atoms. The Hall–Kier alpha value is -3.27. The zero-order valence-electron chi connectivity index (χ0n) is 12.9. The van der Waals surface area contributed by atoms with E-state index in [1.165, 1.54) is 18.2 Å². The summed E-state index contributed by atoms with van der Waals surface area (Å²) in [6.45, 7) is 0.261. The highest BCUT2D eigenvalue weighted by atomic mass is 19.4. The van der Waals surface area contributed by atoms with Gasteiger partial charge in [0.2, 0.25) is 0 Å². The number of nitrogens with one attached hydrogen (secondary N) is 1. The molecule has 0 saturated heterocycles. The van der Waals surface area contributed by atoms with E-state index in [4.69, 9.17) is 5.26 Å². The molecule has 0 saturated carbocycles. The van der Waals surface area contributed by atoms with Crippen LogP contribution >= 0.6 is 0 Å². The summed E-state index contributed by atoms with van der Waals surface area (Å²) in [5.74, 6) is -0.946. The van der Waals surface area contributed by atoms with Gasteiger partial charge >= 0.3 is 6.36 Å². The molecular formula is C18H13F3N2O2. The topological polar surface area (TPSA) is 62.1 Å². The Bertz CT molecular complexity index is 792. The zero-order valence-corrected chi connectivity index (χ0v) is 12.9. The maximum absolute atomic E-state index is 12.1. The zero-order chi connectivity index (χ0) is 18.3. The van der Waals surface area contributed by atoms with Crippen molar-refractivity contribution >= 4 is 12.0 Å². The summed E-state index contributed by atoms with van der Waals surface area (Å²) in [4.78, 5) is 12.0. The Labute approximate surface area is 142 Å². The molecule has 2 rings (SSSR count). The van der Waals surface area contributed by atoms with Crippen molar-refractivity contribution in [1.82, 2.24) is 5.32 Å². The van der Waals surface area contributed by atoms with E-state index in [1.807, 2.05) is 30.3 Å². The largest absolute Gasteiger partial charge is 0.573 e. The molecule has 0 heterocycles. The van der Waals surface area contributed by atoms with Gasteiger partial charge in [0.05, 0.1) is 0 Å². The van der Waals surface area contributed by atoms with Gasteiger partial charge in [-0.1, -0.05) is 42.5 Å². The van der Waals surface area contributed by atoms with Crippen molar-refractivity contribution in [2.24, 2.45) is 0 Å². The monoisotopic (exact) mass is 346 g/mol. The predicted octanol–water partition coefficient (Wildman–Crippen LogP) is 3.81. The number of hydrogen-bond acceptors (Lipinski definition) is 3. The highest BCUT2D eigenvalue weighted by Gasteiger charge is 2.30. The number of halogens is 3. The average Bonchev–Trinajstić information content (AvgIpc) is 2.58. The number of rotatable bonds is 5. The predicted molar refractivity (Wildman–Crippen MR) is 85.0 cm³/mol. The molecule has 0 aliphatic carbocycles. The maximum Gasteiger partial charge on any atom is 0.573 e. The first-order chi connectivity index (χ1) is 11.9. The summed E-state index contributed by atoms with van der Waals surface area (Å²) in [6, 6.07) is 15.8. The van der Waals surface area contributed by atoms with Crippen LogP contribution in [0.2, 0.25) is 0 Å². The van der Waals surface area contributed by atoms with Crippen molar-refractivity contribution in [3.05, 3.63) is 71.3 Å². The van der Waals surface area contributed by atoms with Gasteiger partial charge in [0.25, 0.3) is 5.91 Å². The first kappa shape index (κ1) is 18.1. The van der Waals surface area contributed by atoms with E-state index < -0.39 is 12.3 Å². The van der Waals surface area contributed by atoms with Gasteiger partial charge in [0.15, 0.2) is 0 Å². The van der Waals surface area contributed by atoms with Gasteiger partial charge in [-0.15, -0.1) is 13.2 Å². The number of hydrogen-bond donors (Lipinski definition) is 1. The van der Waals surface area contributed by atoms with Gasteiger partial charge in [-0.25, -0.2) is 0 Å². The lowest BCUT2D eigenvalue weighted by molar-refractivity contribution is -0.274. The second kappa shape index (κ2) is 8.02. The van der Waals surface area contributed by atoms with Crippen LogP contribution in [0.4, 0.5) is 13.2 Å². The minimum absolute atomic E-state index is 0.152. The number of benzene rings is 2. The minimum Gasteiger partial charge on any atom is -0.406 e. The average molecular weight is 346 g/mol. The number of alkyl halides is 3. The molecule has 4 nitrogen and oxygen atoms in total. The second-order valence-electron chi connectivity index (χ2n) is 4.95. The van der Waals surface area contributed by atoms with Crippen LogP contribution in [0.25, 0.3) is 6.08 Å². The number of nitrogens with zero attached hydrogens (tertiary/aromatic N) is 1. The molecule has 0 aromatic heterocycles. The second-order valence-corrected chi connectivity index (χ2v) is 4.95. The van der Waals surface area contributed by atoms with Gasteiger partial charge in [0, 0.05) is 6.54 Å². The Morgan fingerprint density at radius 3 is 2.32 bits per heavy atom. The number of ether oxygens (including phenoxy) is 1. The van der Waals surface area contributed by atoms with Gasteiger partial charge in [-0.3, -0.25) is 4.79 Å². The first-order valence-electron chi connectivity index (χ1n) is 7.17. The maximum atomic E-state index is 12.1. The molecular weight excluding hydrogens is 333 g/mol. The molecule has 7 heteroatoms. The van der Waals surface area contributed by atoms with Crippen molar-refractivity contribution in [3.8, 4) is 11.8 Å². The summed E-state index contributed by atoms with van der Waals surface area (Å²) in [6.07, 6.45) is -3.48. The van der Waals surface area contributed by atoms with Crippen molar-refractivity contribution in [2.45, 2.75) is 12.9 Å². The third kappa shape index (κ3) is 6.03. The molecule has 1 amide bonds. The van der Waals surface area contributed by atoms with Crippen LogP contribution < -0.4 is 10.1 Å². The molecule has 0 radical (unpaired) electrons. The normalized spacial score (nSPS) is 11.5. The van der Waals surface area contributed by atoms with Crippen molar-refractivity contribution in [3.63, 3.8) is 0 Å². The molecule has 2 aromatic rings. The molecule has 0 unspecified atom stereocenters. The quantitative estimate of drug-likeness (QED) is 0.661. The molecule has 1 N–H and O–H groups in total. The van der Waals surface area contributed by atoms with Crippen molar-refractivity contribution in [1.29, 1.82) is 5.26 Å². The van der Waals surface area contributed by atoms with Crippen molar-refractivity contribution in [2.75, 3.05) is 0 Å². The number of nitriles is 1. The van der Waals surface area contributed by atoms with E-state index in [9.17, 15) is 18.0 Å². The Morgan fingerprint density at radius 2 is 1.76 bits per heavy atom. The third-order valence-electron chi connectivity index (χ3n) is 3.09. The summed E-state index contributed by atoms with van der Waals surface area (Å²) in [5, 5.41) is 11.7. The van der Waals surface area contributed by atoms with Crippen LogP contribution in [0.1, 0.15) is 11.1 Å². The van der Waals surface area contributed by atoms with Gasteiger partial charge in [-0.05, 0) is 29.3 Å². The summed E-state index contributed by atoms with van der Waals surface area (Å²) in [5.41, 5.74) is 1.13. The van der Waals surface area contributed by atoms with E-state index in [0.717, 1.165) is 17.7 Å². The fourth-order valence-corrected chi connectivity index (χ4v) is 1.95. The third-order valence-corrected chi connectivity index (χ3v) is 3.09. The molecule has 0 atom stereocenters. The van der Waals surface area contributed by atoms with Gasteiger partial charge in [0.1, 0.15) is 17.4 Å². The minimum atomic E-state index is -4.77. The molecule has 0 aliphatic rings. The van der Waals surface area contributed by atoms with E-state index in [0.29, 0.717) is 5.56 Å². The Morgan fingerprint density at radius 1 is 1.12 bits per heavy atom. The lowest BCUT2D eigenvalue weighted by atomic mass is 10.1. The smallest absolute Gasteiger partial charge is 0.406 e. The molecule has 2 aromatic carbocycles. The van der Waals surface area contributed by atoms with Crippen molar-refractivity contribution < 1.29 is 22.7 Å². The number of carbonyl (C=O) groups is 1. The molecule has 0 fully saturated rings. The van der Waals surface area contributed by atoms with Gasteiger partial charge in [-0.2, -0.15) is 5.26 Å². The lowest BCUT2D eigenvalue weighted by Gasteiger charge is -2.08. The van der Waals surface area contributed by atoms with Crippen LogP contribution in [0, 0.1) is 11.3 Å². The SMILES string of the molecule is N#C/C(=C\c1ccc(OC(F)(F)F)cc1)C(=O)NCc1ccccc1. The number of carbonyl (C=O) groups excluding carboxylic acids is 1.